The van der Waals surface area contributed by atoms with Crippen molar-refractivity contribution in [3.8, 4) is 11.1 Å². The van der Waals surface area contributed by atoms with E-state index in [1.54, 1.807) is 36.4 Å². The van der Waals surface area contributed by atoms with Crippen molar-refractivity contribution in [1.29, 1.82) is 0 Å². The summed E-state index contributed by atoms with van der Waals surface area (Å²) < 4.78 is 55.1. The van der Waals surface area contributed by atoms with Gasteiger partial charge in [-0.1, -0.05) is 64.8 Å². The molecule has 0 saturated heterocycles. The normalized spacial score (nSPS) is 12.8. The Bertz CT molecular complexity index is 1550. The summed E-state index contributed by atoms with van der Waals surface area (Å²) in [5.41, 5.74) is 3.84. The number of alkyl halides is 3. The van der Waals surface area contributed by atoms with Crippen LogP contribution in [0, 0.1) is 18.7 Å². The van der Waals surface area contributed by atoms with Crippen LogP contribution in [0.25, 0.3) is 22.3 Å². The highest BCUT2D eigenvalue weighted by atomic mass is 19.3. The van der Waals surface area contributed by atoms with E-state index in [0.29, 0.717) is 34.5 Å². The zero-order valence-corrected chi connectivity index (χ0v) is 29.9. The van der Waals surface area contributed by atoms with Gasteiger partial charge in [0.25, 0.3) is 11.8 Å². The standard InChI is InChI=1S/C36H42F4N2O2.C4H10/c1-8-22(2)32(25-13-15-28(38)16-14-25)33(24(4)43)29-21-30(31(19-23(29)3)41-18-10-17-37)26-11-9-12-27(20-26)34(44)42-35(5,6)36(7,39)40;1-3-4-2/h9,11-16,19-22,41H,8,10,17-18H2,1-7H3,(H,42,44);3-4H2,1-2H3/b33-32+;. The number of amides is 1. The maximum Gasteiger partial charge on any atom is 0.267 e. The van der Waals surface area contributed by atoms with Crippen molar-refractivity contribution in [3.05, 3.63) is 88.7 Å². The summed E-state index contributed by atoms with van der Waals surface area (Å²) in [4.78, 5) is 26.5. The van der Waals surface area contributed by atoms with Gasteiger partial charge >= 0.3 is 0 Å². The lowest BCUT2D eigenvalue weighted by molar-refractivity contribution is -0.111. The number of aryl methyl sites for hydroxylation is 1. The second-order valence-corrected chi connectivity index (χ2v) is 12.9. The highest BCUT2D eigenvalue weighted by Gasteiger charge is 2.43. The number of rotatable bonds is 14. The molecule has 1 amide bonds. The lowest BCUT2D eigenvalue weighted by atomic mass is 9.81. The van der Waals surface area contributed by atoms with Gasteiger partial charge in [-0.3, -0.25) is 14.0 Å². The zero-order chi connectivity index (χ0) is 36.2. The molecule has 262 valence electrons. The van der Waals surface area contributed by atoms with Crippen LogP contribution in [-0.2, 0) is 4.79 Å². The molecule has 1 atom stereocenters. The molecule has 2 N–H and O–H groups in total. The van der Waals surface area contributed by atoms with Crippen LogP contribution in [-0.4, -0.2) is 36.4 Å². The Morgan fingerprint density at radius 1 is 0.896 bits per heavy atom. The number of anilines is 1. The fourth-order valence-electron chi connectivity index (χ4n) is 4.98. The van der Waals surface area contributed by atoms with E-state index in [1.165, 1.54) is 45.7 Å². The first-order chi connectivity index (χ1) is 22.5. The third kappa shape index (κ3) is 10.5. The smallest absolute Gasteiger partial charge is 0.267 e. The van der Waals surface area contributed by atoms with Gasteiger partial charge < -0.3 is 10.6 Å². The number of hydrogen-bond donors (Lipinski definition) is 2. The quantitative estimate of drug-likeness (QED) is 0.0778. The highest BCUT2D eigenvalue weighted by molar-refractivity contribution is 6.27. The fraction of sp³-hybridized carbons (Fsp3) is 0.450. The zero-order valence-electron chi connectivity index (χ0n) is 29.9. The van der Waals surface area contributed by atoms with Crippen LogP contribution >= 0.6 is 0 Å². The molecule has 0 saturated carbocycles. The first-order valence-electron chi connectivity index (χ1n) is 16.8. The summed E-state index contributed by atoms with van der Waals surface area (Å²) in [5, 5.41) is 5.71. The van der Waals surface area contributed by atoms with Gasteiger partial charge in [-0.15, -0.1) is 0 Å². The van der Waals surface area contributed by atoms with Gasteiger partial charge in [0.2, 0.25) is 0 Å². The lowest BCUT2D eigenvalue weighted by Crippen LogP contribution is -2.54. The maximum atomic E-state index is 14.1. The summed E-state index contributed by atoms with van der Waals surface area (Å²) >= 11 is 0. The van der Waals surface area contributed by atoms with Gasteiger partial charge in [0.15, 0.2) is 5.78 Å². The van der Waals surface area contributed by atoms with Crippen molar-refractivity contribution in [1.82, 2.24) is 5.32 Å². The summed E-state index contributed by atoms with van der Waals surface area (Å²) in [5.74, 6) is -4.38. The van der Waals surface area contributed by atoms with Gasteiger partial charge in [-0.05, 0) is 111 Å². The van der Waals surface area contributed by atoms with E-state index < -0.39 is 24.0 Å². The van der Waals surface area contributed by atoms with Gasteiger partial charge in [0, 0.05) is 35.9 Å². The molecule has 0 radical (unpaired) electrons. The Labute approximate surface area is 284 Å². The number of benzene rings is 3. The van der Waals surface area contributed by atoms with Crippen LogP contribution in [0.5, 0.6) is 0 Å². The molecule has 0 aliphatic heterocycles. The Kier molecular flexibility index (Phi) is 15.1. The van der Waals surface area contributed by atoms with Crippen LogP contribution in [0.2, 0.25) is 0 Å². The van der Waals surface area contributed by atoms with Crippen LogP contribution in [0.15, 0.2) is 60.7 Å². The number of nitrogens with one attached hydrogen (secondary N) is 2. The Balaban J connectivity index is 0.00000189. The van der Waals surface area contributed by atoms with E-state index in [-0.39, 0.29) is 29.5 Å². The average Bonchev–Trinajstić information content (AvgIpc) is 3.03. The van der Waals surface area contributed by atoms with E-state index in [1.807, 2.05) is 32.9 Å². The van der Waals surface area contributed by atoms with Gasteiger partial charge in [-0.25, -0.2) is 13.2 Å². The highest BCUT2D eigenvalue weighted by Crippen LogP contribution is 2.40. The molecule has 3 aromatic carbocycles. The molecule has 3 aromatic rings. The van der Waals surface area contributed by atoms with Crippen LogP contribution < -0.4 is 10.6 Å². The average molecular weight is 669 g/mol. The van der Waals surface area contributed by atoms with Crippen LogP contribution in [0.3, 0.4) is 0 Å². The van der Waals surface area contributed by atoms with Crippen molar-refractivity contribution in [2.45, 2.75) is 99.5 Å². The summed E-state index contributed by atoms with van der Waals surface area (Å²) in [6.45, 7) is 14.9. The molecule has 0 aromatic heterocycles. The van der Waals surface area contributed by atoms with Gasteiger partial charge in [0.05, 0.1) is 12.2 Å². The second kappa shape index (κ2) is 18.0. The number of carbonyl (C=O) groups excluding carboxylic acids is 2. The lowest BCUT2D eigenvalue weighted by Gasteiger charge is -2.32. The summed E-state index contributed by atoms with van der Waals surface area (Å²) in [6, 6.07) is 16.5. The predicted molar refractivity (Wildman–Crippen MR) is 192 cm³/mol. The first kappa shape index (κ1) is 40.2. The molecule has 0 aliphatic rings. The SMILES string of the molecule is CCC(C)/C(=C(/C(C)=O)c1cc(-c2cccc(C(=O)NC(C)(C)C(C)(F)F)c2)c(NCCCF)cc1C)c1ccc(F)cc1.CCCC. The Hall–Kier alpha value is -3.94. The van der Waals surface area contributed by atoms with Crippen molar-refractivity contribution < 1.29 is 27.2 Å². The molecule has 3 rings (SSSR count). The van der Waals surface area contributed by atoms with Crippen molar-refractivity contribution in [2.24, 2.45) is 5.92 Å². The van der Waals surface area contributed by atoms with E-state index in [4.69, 9.17) is 0 Å². The molecule has 0 heterocycles. The molecule has 0 fully saturated rings. The third-order valence-electron chi connectivity index (χ3n) is 8.60. The minimum atomic E-state index is -3.16. The van der Waals surface area contributed by atoms with E-state index >= 15 is 0 Å². The second-order valence-electron chi connectivity index (χ2n) is 12.9. The molecule has 0 aliphatic carbocycles. The Morgan fingerprint density at radius 2 is 1.52 bits per heavy atom. The van der Waals surface area contributed by atoms with Crippen molar-refractivity contribution in [3.63, 3.8) is 0 Å². The molecule has 0 spiro atoms. The number of halogens is 4. The summed E-state index contributed by atoms with van der Waals surface area (Å²) in [6.07, 6.45) is 3.66. The van der Waals surface area contributed by atoms with Crippen molar-refractivity contribution >= 4 is 28.5 Å². The molecular formula is C40H52F4N2O2. The number of hydrogen-bond acceptors (Lipinski definition) is 3. The van der Waals surface area contributed by atoms with E-state index in [0.717, 1.165) is 30.0 Å². The van der Waals surface area contributed by atoms with Crippen molar-refractivity contribution in [2.75, 3.05) is 18.5 Å². The largest absolute Gasteiger partial charge is 0.384 e. The molecule has 8 heteroatoms. The van der Waals surface area contributed by atoms with E-state index in [9.17, 15) is 27.2 Å². The van der Waals surface area contributed by atoms with E-state index in [2.05, 4.69) is 24.5 Å². The molecular weight excluding hydrogens is 616 g/mol. The number of ketones is 1. The summed E-state index contributed by atoms with van der Waals surface area (Å²) in [7, 11) is 0. The minimum Gasteiger partial charge on any atom is -0.384 e. The topological polar surface area (TPSA) is 58.2 Å². The monoisotopic (exact) mass is 668 g/mol. The molecule has 4 nitrogen and oxygen atoms in total. The maximum absolute atomic E-state index is 14.1. The first-order valence-corrected chi connectivity index (χ1v) is 16.8. The van der Waals surface area contributed by atoms with Crippen LogP contribution in [0.4, 0.5) is 23.2 Å². The number of carbonyl (C=O) groups is 2. The molecule has 0 bridgehead atoms. The van der Waals surface area contributed by atoms with Gasteiger partial charge in [-0.2, -0.15) is 0 Å². The van der Waals surface area contributed by atoms with Gasteiger partial charge in [0.1, 0.15) is 5.82 Å². The number of unbranched alkanes of at least 4 members (excludes halogenated alkanes) is 1. The fourth-order valence-corrected chi connectivity index (χ4v) is 4.98. The molecule has 48 heavy (non-hydrogen) atoms. The Morgan fingerprint density at radius 3 is 2.04 bits per heavy atom. The number of Topliss-reactive ketones (excluding diaryl/α,β-unsaturated/α-hetero) is 1. The number of allylic oxidation sites excluding steroid dienone is 2. The van der Waals surface area contributed by atoms with Crippen LogP contribution in [0.1, 0.15) is 108 Å². The predicted octanol–water partition coefficient (Wildman–Crippen LogP) is 11.1. The minimum absolute atomic E-state index is 0.0309. The third-order valence-corrected chi connectivity index (χ3v) is 8.60. The molecule has 1 unspecified atom stereocenters.